The molecule has 0 aromatic heterocycles. The Morgan fingerprint density at radius 3 is 2.28 bits per heavy atom. The van der Waals surface area contributed by atoms with Crippen molar-refractivity contribution in [2.24, 2.45) is 5.92 Å². The number of carbonyl (C=O) groups excluding carboxylic acids is 1. The van der Waals surface area contributed by atoms with Crippen molar-refractivity contribution in [2.75, 3.05) is 0 Å². The van der Waals surface area contributed by atoms with Crippen molar-refractivity contribution in [1.29, 1.82) is 0 Å². The Bertz CT molecular complexity index is 425. The zero-order valence-corrected chi connectivity index (χ0v) is 11.8. The summed E-state index contributed by atoms with van der Waals surface area (Å²) < 4.78 is 0. The van der Waals surface area contributed by atoms with Gasteiger partial charge in [0.15, 0.2) is 0 Å². The monoisotopic (exact) mass is 249 g/mol. The van der Waals surface area contributed by atoms with Crippen LogP contribution < -0.4 is 5.32 Å². The van der Waals surface area contributed by atoms with Crippen molar-refractivity contribution in [3.05, 3.63) is 29.3 Å². The molecular formula is C15H23NO2. The number of benzene rings is 1. The van der Waals surface area contributed by atoms with Crippen LogP contribution in [0, 0.1) is 5.92 Å². The molecule has 0 aliphatic carbocycles. The molecule has 0 saturated carbocycles. The van der Waals surface area contributed by atoms with E-state index >= 15 is 0 Å². The lowest BCUT2D eigenvalue weighted by Gasteiger charge is -2.18. The van der Waals surface area contributed by atoms with Gasteiger partial charge >= 0.3 is 0 Å². The third-order valence-electron chi connectivity index (χ3n) is 3.29. The minimum absolute atomic E-state index is 0.0830. The van der Waals surface area contributed by atoms with Crippen molar-refractivity contribution >= 4 is 5.91 Å². The zero-order chi connectivity index (χ0) is 13.9. The van der Waals surface area contributed by atoms with Crippen LogP contribution in [0.4, 0.5) is 0 Å². The van der Waals surface area contributed by atoms with E-state index in [4.69, 9.17) is 0 Å². The van der Waals surface area contributed by atoms with Gasteiger partial charge in [-0.05, 0) is 30.4 Å². The number of aromatic hydroxyl groups is 1. The van der Waals surface area contributed by atoms with Crippen molar-refractivity contribution in [1.82, 2.24) is 5.32 Å². The fraction of sp³-hybridized carbons (Fsp3) is 0.533. The van der Waals surface area contributed by atoms with Crippen molar-refractivity contribution in [3.8, 4) is 5.75 Å². The molecule has 18 heavy (non-hydrogen) atoms. The Hall–Kier alpha value is -1.51. The van der Waals surface area contributed by atoms with Gasteiger partial charge < -0.3 is 10.4 Å². The molecule has 1 unspecified atom stereocenters. The molecule has 3 nitrogen and oxygen atoms in total. The van der Waals surface area contributed by atoms with Crippen LogP contribution in [-0.2, 0) is 0 Å². The molecule has 1 aromatic carbocycles. The average Bonchev–Trinajstić information content (AvgIpc) is 2.28. The fourth-order valence-electron chi connectivity index (χ4n) is 1.66. The van der Waals surface area contributed by atoms with E-state index in [2.05, 4.69) is 19.2 Å². The molecule has 0 aliphatic heterocycles. The van der Waals surface area contributed by atoms with Crippen LogP contribution >= 0.6 is 0 Å². The second-order valence-electron chi connectivity index (χ2n) is 5.40. The first-order valence-electron chi connectivity index (χ1n) is 6.47. The van der Waals surface area contributed by atoms with Crippen molar-refractivity contribution < 1.29 is 9.90 Å². The van der Waals surface area contributed by atoms with Crippen LogP contribution in [0.2, 0.25) is 0 Å². The fourth-order valence-corrected chi connectivity index (χ4v) is 1.66. The molecule has 3 heteroatoms. The smallest absolute Gasteiger partial charge is 0.255 e. The Morgan fingerprint density at radius 2 is 1.78 bits per heavy atom. The molecule has 1 atom stereocenters. The van der Waals surface area contributed by atoms with E-state index in [0.29, 0.717) is 11.5 Å². The van der Waals surface area contributed by atoms with Crippen molar-refractivity contribution in [2.45, 2.75) is 46.6 Å². The maximum absolute atomic E-state index is 12.1. The molecule has 1 aromatic rings. The Balaban J connectivity index is 2.96. The van der Waals surface area contributed by atoms with Gasteiger partial charge in [0.25, 0.3) is 5.91 Å². The Labute approximate surface area is 109 Å². The van der Waals surface area contributed by atoms with Gasteiger partial charge in [-0.15, -0.1) is 0 Å². The number of rotatable bonds is 4. The number of hydrogen-bond acceptors (Lipinski definition) is 2. The molecule has 100 valence electrons. The maximum atomic E-state index is 12.1. The SMILES string of the molecule is CC(C)c1cccc(C(=O)NC(C)C(C)C)c1O. The van der Waals surface area contributed by atoms with Gasteiger partial charge in [-0.25, -0.2) is 0 Å². The molecule has 0 bridgehead atoms. The first-order chi connectivity index (χ1) is 8.34. The van der Waals surface area contributed by atoms with Gasteiger partial charge in [0, 0.05) is 6.04 Å². The van der Waals surface area contributed by atoms with E-state index in [9.17, 15) is 9.90 Å². The molecule has 0 saturated heterocycles. The van der Waals surface area contributed by atoms with E-state index in [-0.39, 0.29) is 23.6 Å². The van der Waals surface area contributed by atoms with Gasteiger partial charge in [0.1, 0.15) is 5.75 Å². The Kier molecular flexibility index (Phi) is 4.76. The largest absolute Gasteiger partial charge is 0.507 e. The zero-order valence-electron chi connectivity index (χ0n) is 11.8. The summed E-state index contributed by atoms with van der Waals surface area (Å²) in [6.45, 7) is 10.1. The molecule has 0 heterocycles. The van der Waals surface area contributed by atoms with Crippen LogP contribution in [0.3, 0.4) is 0 Å². The van der Waals surface area contributed by atoms with Crippen LogP contribution in [0.1, 0.15) is 56.5 Å². The first-order valence-corrected chi connectivity index (χ1v) is 6.47. The number of para-hydroxylation sites is 1. The lowest BCUT2D eigenvalue weighted by atomic mass is 9.98. The summed E-state index contributed by atoms with van der Waals surface area (Å²) >= 11 is 0. The van der Waals surface area contributed by atoms with E-state index in [1.165, 1.54) is 0 Å². The van der Waals surface area contributed by atoms with Gasteiger partial charge in [-0.1, -0.05) is 39.8 Å². The Morgan fingerprint density at radius 1 is 1.17 bits per heavy atom. The highest BCUT2D eigenvalue weighted by molar-refractivity contribution is 5.97. The predicted octanol–water partition coefficient (Wildman–Crippen LogP) is 3.29. The second-order valence-corrected chi connectivity index (χ2v) is 5.40. The topological polar surface area (TPSA) is 49.3 Å². The lowest BCUT2D eigenvalue weighted by molar-refractivity contribution is 0.0927. The maximum Gasteiger partial charge on any atom is 0.255 e. The highest BCUT2D eigenvalue weighted by Crippen LogP contribution is 2.28. The van der Waals surface area contributed by atoms with Crippen LogP contribution in [0.25, 0.3) is 0 Å². The summed E-state index contributed by atoms with van der Waals surface area (Å²) in [7, 11) is 0. The number of nitrogens with one attached hydrogen (secondary N) is 1. The molecule has 0 fully saturated rings. The van der Waals surface area contributed by atoms with Gasteiger partial charge in [-0.3, -0.25) is 4.79 Å². The summed E-state index contributed by atoms with van der Waals surface area (Å²) in [5, 5.41) is 13.0. The van der Waals surface area contributed by atoms with Crippen LogP contribution in [0.15, 0.2) is 18.2 Å². The van der Waals surface area contributed by atoms with E-state index in [1.54, 1.807) is 6.07 Å². The number of phenolic OH excluding ortho intramolecular Hbond substituents is 1. The molecule has 2 N–H and O–H groups in total. The molecule has 0 spiro atoms. The number of amides is 1. The van der Waals surface area contributed by atoms with Crippen molar-refractivity contribution in [3.63, 3.8) is 0 Å². The summed E-state index contributed by atoms with van der Waals surface area (Å²) in [4.78, 5) is 12.1. The molecule has 1 rings (SSSR count). The summed E-state index contributed by atoms with van der Waals surface area (Å²) in [6.07, 6.45) is 0. The number of carbonyl (C=O) groups is 1. The quantitative estimate of drug-likeness (QED) is 0.860. The van der Waals surface area contributed by atoms with Gasteiger partial charge in [0.05, 0.1) is 5.56 Å². The predicted molar refractivity (Wildman–Crippen MR) is 74.0 cm³/mol. The third kappa shape index (κ3) is 3.25. The summed E-state index contributed by atoms with van der Waals surface area (Å²) in [6, 6.07) is 5.40. The second kappa shape index (κ2) is 5.89. The molecule has 0 radical (unpaired) electrons. The summed E-state index contributed by atoms with van der Waals surface area (Å²) in [5.41, 5.74) is 1.16. The first kappa shape index (κ1) is 14.6. The average molecular weight is 249 g/mol. The van der Waals surface area contributed by atoms with Gasteiger partial charge in [-0.2, -0.15) is 0 Å². The minimum Gasteiger partial charge on any atom is -0.507 e. The standard InChI is InChI=1S/C15H23NO2/c1-9(2)11(5)16-15(18)13-8-6-7-12(10(3)4)14(13)17/h6-11,17H,1-5H3,(H,16,18). The lowest BCUT2D eigenvalue weighted by Crippen LogP contribution is -2.36. The van der Waals surface area contributed by atoms with E-state index in [0.717, 1.165) is 5.56 Å². The molecule has 0 aliphatic rings. The highest BCUT2D eigenvalue weighted by atomic mass is 16.3. The molecular weight excluding hydrogens is 226 g/mol. The van der Waals surface area contributed by atoms with E-state index in [1.807, 2.05) is 32.9 Å². The number of hydrogen-bond donors (Lipinski definition) is 2. The van der Waals surface area contributed by atoms with Gasteiger partial charge in [0.2, 0.25) is 0 Å². The van der Waals surface area contributed by atoms with E-state index < -0.39 is 0 Å². The third-order valence-corrected chi connectivity index (χ3v) is 3.29. The minimum atomic E-state index is -0.212. The number of phenols is 1. The highest BCUT2D eigenvalue weighted by Gasteiger charge is 2.18. The van der Waals surface area contributed by atoms with Crippen LogP contribution in [0.5, 0.6) is 5.75 Å². The molecule has 1 amide bonds. The van der Waals surface area contributed by atoms with Crippen LogP contribution in [-0.4, -0.2) is 17.1 Å². The normalized spacial score (nSPS) is 12.8. The summed E-state index contributed by atoms with van der Waals surface area (Å²) in [5.74, 6) is 0.446.